The molecule has 0 aliphatic carbocycles. The Hall–Kier alpha value is -2.50. The Morgan fingerprint density at radius 3 is 2.50 bits per heavy atom. The molecule has 0 spiro atoms. The first-order chi connectivity index (χ1) is 10.6. The minimum absolute atomic E-state index is 0.202. The number of hydrogen-bond acceptors (Lipinski definition) is 4. The summed E-state index contributed by atoms with van der Waals surface area (Å²) >= 11 is 0. The molecule has 0 fully saturated rings. The molecule has 0 bridgehead atoms. The first kappa shape index (κ1) is 15.9. The smallest absolute Gasteiger partial charge is 0.255 e. The second-order valence-electron chi connectivity index (χ2n) is 4.75. The molecule has 0 saturated carbocycles. The number of aryl methyl sites for hydroxylation is 2. The van der Waals surface area contributed by atoms with Gasteiger partial charge in [0.15, 0.2) is 11.5 Å². The van der Waals surface area contributed by atoms with Crippen molar-refractivity contribution in [3.63, 3.8) is 0 Å². The zero-order chi connectivity index (χ0) is 16.1. The summed E-state index contributed by atoms with van der Waals surface area (Å²) in [5, 5.41) is 10.1. The van der Waals surface area contributed by atoms with Gasteiger partial charge in [0.2, 0.25) is 0 Å². The van der Waals surface area contributed by atoms with Gasteiger partial charge in [-0.1, -0.05) is 13.8 Å². The van der Waals surface area contributed by atoms with E-state index in [0.29, 0.717) is 17.1 Å². The molecule has 0 radical (unpaired) electrons. The Balaban J connectivity index is 2.28. The van der Waals surface area contributed by atoms with Gasteiger partial charge < -0.3 is 14.8 Å². The number of amides is 1. The Morgan fingerprint density at radius 2 is 1.91 bits per heavy atom. The van der Waals surface area contributed by atoms with Crippen LogP contribution in [-0.2, 0) is 12.8 Å². The van der Waals surface area contributed by atoms with Crippen molar-refractivity contribution >= 4 is 11.6 Å². The summed E-state index contributed by atoms with van der Waals surface area (Å²) in [7, 11) is 3.10. The maximum atomic E-state index is 12.5. The molecule has 2 N–H and O–H groups in total. The molecule has 2 rings (SSSR count). The maximum absolute atomic E-state index is 12.5. The van der Waals surface area contributed by atoms with Crippen molar-refractivity contribution in [3.05, 3.63) is 35.2 Å². The standard InChI is InChI=1S/C16H21N3O3/c1-5-11-15(12(6-2)19-18-11)17-16(20)10-7-8-13(21-3)14(9-10)22-4/h7-9H,5-6H2,1-4H3,(H,17,20)(H,18,19). The van der Waals surface area contributed by atoms with Crippen molar-refractivity contribution < 1.29 is 14.3 Å². The maximum Gasteiger partial charge on any atom is 0.255 e. The number of anilines is 1. The number of carbonyl (C=O) groups is 1. The number of methoxy groups -OCH3 is 2. The van der Waals surface area contributed by atoms with Crippen LogP contribution in [0.4, 0.5) is 5.69 Å². The van der Waals surface area contributed by atoms with Gasteiger partial charge in [-0.3, -0.25) is 9.89 Å². The fraction of sp³-hybridized carbons (Fsp3) is 0.375. The quantitative estimate of drug-likeness (QED) is 0.860. The van der Waals surface area contributed by atoms with Crippen LogP contribution >= 0.6 is 0 Å². The van der Waals surface area contributed by atoms with E-state index in [1.165, 1.54) is 0 Å². The van der Waals surface area contributed by atoms with E-state index in [-0.39, 0.29) is 5.91 Å². The van der Waals surface area contributed by atoms with Gasteiger partial charge in [-0.25, -0.2) is 0 Å². The highest BCUT2D eigenvalue weighted by molar-refractivity contribution is 6.05. The average molecular weight is 303 g/mol. The van der Waals surface area contributed by atoms with Gasteiger partial charge in [0.1, 0.15) is 0 Å². The first-order valence-corrected chi connectivity index (χ1v) is 7.24. The fourth-order valence-electron chi connectivity index (χ4n) is 2.24. The van der Waals surface area contributed by atoms with Crippen LogP contribution in [0.5, 0.6) is 11.5 Å². The van der Waals surface area contributed by atoms with Crippen molar-refractivity contribution in [1.29, 1.82) is 0 Å². The number of aromatic nitrogens is 2. The highest BCUT2D eigenvalue weighted by atomic mass is 16.5. The molecule has 1 amide bonds. The topological polar surface area (TPSA) is 76.2 Å². The number of hydrogen-bond donors (Lipinski definition) is 2. The fourth-order valence-corrected chi connectivity index (χ4v) is 2.24. The number of benzene rings is 1. The van der Waals surface area contributed by atoms with Gasteiger partial charge in [0.25, 0.3) is 5.91 Å². The van der Waals surface area contributed by atoms with Crippen LogP contribution in [-0.4, -0.2) is 30.3 Å². The molecule has 0 atom stereocenters. The van der Waals surface area contributed by atoms with Crippen LogP contribution in [0.2, 0.25) is 0 Å². The molecule has 0 aliphatic rings. The summed E-state index contributed by atoms with van der Waals surface area (Å²) < 4.78 is 10.4. The molecule has 0 saturated heterocycles. The van der Waals surface area contributed by atoms with Crippen LogP contribution in [0.15, 0.2) is 18.2 Å². The molecular formula is C16H21N3O3. The van der Waals surface area contributed by atoms with Crippen LogP contribution in [0.3, 0.4) is 0 Å². The van der Waals surface area contributed by atoms with E-state index in [4.69, 9.17) is 9.47 Å². The van der Waals surface area contributed by atoms with E-state index in [9.17, 15) is 4.79 Å². The highest BCUT2D eigenvalue weighted by Gasteiger charge is 2.16. The van der Waals surface area contributed by atoms with Gasteiger partial charge in [0, 0.05) is 5.56 Å². The lowest BCUT2D eigenvalue weighted by Crippen LogP contribution is -2.14. The second kappa shape index (κ2) is 6.98. The normalized spacial score (nSPS) is 10.4. The minimum Gasteiger partial charge on any atom is -0.493 e. The highest BCUT2D eigenvalue weighted by Crippen LogP contribution is 2.28. The largest absolute Gasteiger partial charge is 0.493 e. The summed E-state index contributed by atoms with van der Waals surface area (Å²) in [6.45, 7) is 4.01. The molecule has 1 aromatic heterocycles. The van der Waals surface area contributed by atoms with E-state index in [2.05, 4.69) is 15.5 Å². The van der Waals surface area contributed by atoms with E-state index in [1.807, 2.05) is 13.8 Å². The van der Waals surface area contributed by atoms with E-state index in [1.54, 1.807) is 32.4 Å². The first-order valence-electron chi connectivity index (χ1n) is 7.24. The van der Waals surface area contributed by atoms with Gasteiger partial charge in [-0.2, -0.15) is 5.10 Å². The minimum atomic E-state index is -0.202. The lowest BCUT2D eigenvalue weighted by Gasteiger charge is -2.10. The number of H-pyrrole nitrogens is 1. The van der Waals surface area contributed by atoms with E-state index >= 15 is 0 Å². The monoisotopic (exact) mass is 303 g/mol. The number of nitrogens with zero attached hydrogens (tertiary/aromatic N) is 1. The number of carbonyl (C=O) groups excluding carboxylic acids is 1. The zero-order valence-corrected chi connectivity index (χ0v) is 13.3. The lowest BCUT2D eigenvalue weighted by molar-refractivity contribution is 0.102. The predicted octanol–water partition coefficient (Wildman–Crippen LogP) is 2.80. The molecule has 22 heavy (non-hydrogen) atoms. The van der Waals surface area contributed by atoms with Crippen molar-refractivity contribution in [2.45, 2.75) is 26.7 Å². The van der Waals surface area contributed by atoms with Crippen LogP contribution < -0.4 is 14.8 Å². The second-order valence-corrected chi connectivity index (χ2v) is 4.75. The third kappa shape index (κ3) is 3.05. The molecule has 1 heterocycles. The van der Waals surface area contributed by atoms with Crippen LogP contribution in [0, 0.1) is 0 Å². The van der Waals surface area contributed by atoms with E-state index in [0.717, 1.165) is 29.9 Å². The third-order valence-electron chi connectivity index (χ3n) is 3.49. The Kier molecular flexibility index (Phi) is 5.04. The molecule has 0 aliphatic heterocycles. The Labute approximate surface area is 129 Å². The molecule has 1 aromatic carbocycles. The SMILES string of the molecule is CCc1n[nH]c(CC)c1NC(=O)c1ccc(OC)c(OC)c1. The molecule has 2 aromatic rings. The Morgan fingerprint density at radius 1 is 1.18 bits per heavy atom. The zero-order valence-electron chi connectivity index (χ0n) is 13.3. The molecule has 6 nitrogen and oxygen atoms in total. The predicted molar refractivity (Wildman–Crippen MR) is 84.8 cm³/mol. The van der Waals surface area contributed by atoms with Crippen molar-refractivity contribution in [1.82, 2.24) is 10.2 Å². The number of ether oxygens (including phenoxy) is 2. The molecular weight excluding hydrogens is 282 g/mol. The van der Waals surface area contributed by atoms with Gasteiger partial charge in [0.05, 0.1) is 31.3 Å². The van der Waals surface area contributed by atoms with Crippen LogP contribution in [0.1, 0.15) is 35.6 Å². The number of aromatic amines is 1. The number of nitrogens with one attached hydrogen (secondary N) is 2. The van der Waals surface area contributed by atoms with Gasteiger partial charge in [-0.05, 0) is 31.0 Å². The van der Waals surface area contributed by atoms with E-state index < -0.39 is 0 Å². The van der Waals surface area contributed by atoms with Crippen molar-refractivity contribution in [3.8, 4) is 11.5 Å². The summed E-state index contributed by atoms with van der Waals surface area (Å²) in [5.74, 6) is 0.909. The lowest BCUT2D eigenvalue weighted by atomic mass is 10.1. The summed E-state index contributed by atoms with van der Waals surface area (Å²) in [4.78, 5) is 12.5. The summed E-state index contributed by atoms with van der Waals surface area (Å²) in [6.07, 6.45) is 1.52. The average Bonchev–Trinajstić information content (AvgIpc) is 2.95. The van der Waals surface area contributed by atoms with Crippen molar-refractivity contribution in [2.75, 3.05) is 19.5 Å². The number of rotatable bonds is 6. The van der Waals surface area contributed by atoms with Crippen molar-refractivity contribution in [2.24, 2.45) is 0 Å². The molecule has 6 heteroatoms. The Bertz CT molecular complexity index is 643. The summed E-state index contributed by atoms with van der Waals surface area (Å²) in [6, 6.07) is 5.07. The summed E-state index contributed by atoms with van der Waals surface area (Å²) in [5.41, 5.74) is 3.05. The van der Waals surface area contributed by atoms with Crippen LogP contribution in [0.25, 0.3) is 0 Å². The molecule has 0 unspecified atom stereocenters. The molecule has 118 valence electrons. The van der Waals surface area contributed by atoms with Gasteiger partial charge >= 0.3 is 0 Å². The third-order valence-corrected chi connectivity index (χ3v) is 3.49. The van der Waals surface area contributed by atoms with Gasteiger partial charge in [-0.15, -0.1) is 0 Å².